The lowest BCUT2D eigenvalue weighted by Gasteiger charge is -2.27. The van der Waals surface area contributed by atoms with E-state index in [1.165, 1.54) is 19.2 Å². The van der Waals surface area contributed by atoms with Gasteiger partial charge in [0.2, 0.25) is 0 Å². The first-order valence-corrected chi connectivity index (χ1v) is 10.8. The highest BCUT2D eigenvalue weighted by Gasteiger charge is 2.46. The van der Waals surface area contributed by atoms with Crippen LogP contribution < -0.4 is 9.47 Å². The molecule has 1 aromatic carbocycles. The van der Waals surface area contributed by atoms with E-state index in [1.807, 2.05) is 0 Å². The molecule has 12 heteroatoms. The van der Waals surface area contributed by atoms with Crippen LogP contribution in [0.25, 0.3) is 0 Å². The third-order valence-electron chi connectivity index (χ3n) is 3.85. The topological polar surface area (TPSA) is 112 Å². The molecule has 1 aliphatic rings. The van der Waals surface area contributed by atoms with E-state index in [0.717, 1.165) is 11.2 Å². The van der Waals surface area contributed by atoms with Crippen molar-refractivity contribution in [2.24, 2.45) is 0 Å². The van der Waals surface area contributed by atoms with Crippen molar-refractivity contribution in [1.82, 2.24) is 4.90 Å². The monoisotopic (exact) mass is 453 g/mol. The molecule has 0 saturated heterocycles. The summed E-state index contributed by atoms with van der Waals surface area (Å²) >= 11 is 0. The molecule has 1 heterocycles. The van der Waals surface area contributed by atoms with Crippen molar-refractivity contribution in [3.05, 3.63) is 23.3 Å². The molecule has 1 unspecified atom stereocenters. The first-order valence-electron chi connectivity index (χ1n) is 8.96. The molecule has 1 aliphatic heterocycles. The van der Waals surface area contributed by atoms with Gasteiger partial charge in [-0.25, -0.2) is 4.79 Å². The van der Waals surface area contributed by atoms with Gasteiger partial charge in [0.15, 0.2) is 11.5 Å². The number of aliphatic hydroxyl groups excluding tert-OH is 1. The largest absolute Gasteiger partial charge is 0.586 e. The Morgan fingerprint density at radius 1 is 1.30 bits per heavy atom. The quantitative estimate of drug-likeness (QED) is 0.627. The van der Waals surface area contributed by atoms with E-state index in [4.69, 9.17) is 4.74 Å². The van der Waals surface area contributed by atoms with Crippen LogP contribution in [0.15, 0.2) is 12.1 Å². The Labute approximate surface area is 173 Å². The van der Waals surface area contributed by atoms with Crippen LogP contribution in [-0.4, -0.2) is 62.9 Å². The van der Waals surface area contributed by atoms with Gasteiger partial charge in [-0.1, -0.05) is 6.07 Å². The molecule has 0 radical (unpaired) electrons. The molecule has 1 N–H and O–H groups in total. The summed E-state index contributed by atoms with van der Waals surface area (Å²) < 4.78 is 68.4. The van der Waals surface area contributed by atoms with Gasteiger partial charge in [-0.05, 0) is 38.8 Å². The number of rotatable bonds is 7. The summed E-state index contributed by atoms with van der Waals surface area (Å²) in [6.45, 7) is 4.43. The third kappa shape index (κ3) is 6.67. The molecule has 30 heavy (non-hydrogen) atoms. The van der Waals surface area contributed by atoms with Crippen molar-refractivity contribution >= 4 is 16.2 Å². The zero-order valence-electron chi connectivity index (χ0n) is 17.3. The number of carbonyl (C=O) groups excluding carboxylic acids is 1. The molecule has 1 amide bonds. The minimum atomic E-state index is -3.92. The van der Waals surface area contributed by atoms with Crippen molar-refractivity contribution < 1.29 is 45.5 Å². The van der Waals surface area contributed by atoms with Crippen molar-refractivity contribution in [3.8, 4) is 11.5 Å². The van der Waals surface area contributed by atoms with E-state index >= 15 is 0 Å². The van der Waals surface area contributed by atoms with E-state index in [1.54, 1.807) is 20.8 Å². The zero-order chi connectivity index (χ0) is 22.9. The van der Waals surface area contributed by atoms with Crippen LogP contribution in [0.1, 0.15) is 38.0 Å². The Morgan fingerprint density at radius 2 is 1.93 bits per heavy atom. The van der Waals surface area contributed by atoms with Gasteiger partial charge < -0.3 is 24.2 Å². The van der Waals surface area contributed by atoms with Gasteiger partial charge in [-0.3, -0.25) is 4.18 Å². The molecule has 0 aliphatic carbocycles. The van der Waals surface area contributed by atoms with Crippen LogP contribution in [0, 0.1) is 0 Å². The Hall–Kier alpha value is -2.18. The molecular formula is C18H25F2NO8S. The number of nitrogens with zero attached hydrogens (tertiary/aromatic N) is 1. The van der Waals surface area contributed by atoms with Gasteiger partial charge in [0.25, 0.3) is 10.1 Å². The number of fused-ring (bicyclic) bond motifs is 1. The molecule has 0 aromatic heterocycles. The van der Waals surface area contributed by atoms with Crippen LogP contribution in [0.2, 0.25) is 0 Å². The number of amides is 1. The van der Waals surface area contributed by atoms with Gasteiger partial charge in [-0.15, -0.1) is 8.78 Å². The summed E-state index contributed by atoms with van der Waals surface area (Å²) in [6.07, 6.45) is -5.26. The number of aliphatic hydroxyl groups is 1. The van der Waals surface area contributed by atoms with Crippen LogP contribution in [-0.2, 0) is 25.5 Å². The number of hydrogen-bond acceptors (Lipinski definition) is 8. The fourth-order valence-electron chi connectivity index (χ4n) is 2.73. The molecule has 9 nitrogen and oxygen atoms in total. The Balaban J connectivity index is 2.28. The van der Waals surface area contributed by atoms with Crippen molar-refractivity contribution in [2.45, 2.75) is 45.2 Å². The SMILES string of the molecule is CN(CC(O)c1c(CCOS(C)(=O)=O)ccc2c1OC(F)(F)O2)C(=O)OC(C)(C)C. The van der Waals surface area contributed by atoms with Gasteiger partial charge in [0.1, 0.15) is 11.7 Å². The summed E-state index contributed by atoms with van der Waals surface area (Å²) in [6, 6.07) is 2.61. The van der Waals surface area contributed by atoms with Crippen molar-refractivity contribution in [1.29, 1.82) is 0 Å². The minimum absolute atomic E-state index is 0.0299. The average molecular weight is 453 g/mol. The predicted molar refractivity (Wildman–Crippen MR) is 101 cm³/mol. The van der Waals surface area contributed by atoms with E-state index in [2.05, 4.69) is 13.7 Å². The van der Waals surface area contributed by atoms with E-state index in [-0.39, 0.29) is 36.6 Å². The van der Waals surface area contributed by atoms with Crippen LogP contribution in [0.4, 0.5) is 13.6 Å². The second-order valence-electron chi connectivity index (χ2n) is 7.79. The summed E-state index contributed by atoms with van der Waals surface area (Å²) in [7, 11) is -2.34. The number of likely N-dealkylation sites (N-methyl/N-ethyl adjacent to an activating group) is 1. The standard InChI is InChI=1S/C18H25F2NO8S/c1-17(2,3)29-16(23)21(4)10-12(22)14-11(8-9-26-30(5,24)25)6-7-13-15(14)28-18(19,20)27-13/h6-7,12,22H,8-10H2,1-5H3. The Kier molecular flexibility index (Phi) is 6.84. The third-order valence-corrected chi connectivity index (χ3v) is 4.45. The molecule has 0 saturated carbocycles. The maximum Gasteiger partial charge on any atom is 0.586 e. The van der Waals surface area contributed by atoms with Crippen LogP contribution in [0.3, 0.4) is 0 Å². The summed E-state index contributed by atoms with van der Waals surface area (Å²) in [5.74, 6) is -0.677. The van der Waals surface area contributed by atoms with Gasteiger partial charge in [0, 0.05) is 12.6 Å². The van der Waals surface area contributed by atoms with E-state index in [9.17, 15) is 27.1 Å². The van der Waals surface area contributed by atoms with Gasteiger partial charge in [-0.2, -0.15) is 8.42 Å². The maximum absolute atomic E-state index is 13.6. The highest BCUT2D eigenvalue weighted by Crippen LogP contribution is 2.46. The molecule has 170 valence electrons. The van der Waals surface area contributed by atoms with E-state index < -0.39 is 34.2 Å². The van der Waals surface area contributed by atoms with Crippen LogP contribution in [0.5, 0.6) is 11.5 Å². The highest BCUT2D eigenvalue weighted by molar-refractivity contribution is 7.85. The first kappa shape index (κ1) is 24.1. The minimum Gasteiger partial charge on any atom is -0.444 e. The lowest BCUT2D eigenvalue weighted by atomic mass is 9.98. The molecular weight excluding hydrogens is 428 g/mol. The molecule has 0 spiro atoms. The Morgan fingerprint density at radius 3 is 2.50 bits per heavy atom. The number of benzene rings is 1. The molecule has 0 bridgehead atoms. The molecule has 2 rings (SSSR count). The lowest BCUT2D eigenvalue weighted by Crippen LogP contribution is -2.36. The summed E-state index contributed by atoms with van der Waals surface area (Å²) in [4.78, 5) is 13.2. The number of ether oxygens (including phenoxy) is 3. The van der Waals surface area contributed by atoms with Crippen molar-refractivity contribution in [3.63, 3.8) is 0 Å². The normalized spacial score (nSPS) is 16.3. The number of carbonyl (C=O) groups is 1. The predicted octanol–water partition coefficient (Wildman–Crippen LogP) is 2.43. The highest BCUT2D eigenvalue weighted by atomic mass is 32.2. The fraction of sp³-hybridized carbons (Fsp3) is 0.611. The zero-order valence-corrected chi connectivity index (χ0v) is 18.1. The Bertz CT molecular complexity index is 898. The number of halogens is 2. The second-order valence-corrected chi connectivity index (χ2v) is 9.43. The smallest absolute Gasteiger partial charge is 0.444 e. The molecule has 1 atom stereocenters. The van der Waals surface area contributed by atoms with Crippen molar-refractivity contribution in [2.75, 3.05) is 26.5 Å². The second kappa shape index (κ2) is 8.52. The van der Waals surface area contributed by atoms with Gasteiger partial charge in [0.05, 0.1) is 19.4 Å². The fourth-order valence-corrected chi connectivity index (χ4v) is 3.11. The maximum atomic E-state index is 13.6. The number of alkyl halides is 2. The van der Waals surface area contributed by atoms with Crippen LogP contribution >= 0.6 is 0 Å². The molecule has 0 fully saturated rings. The number of hydrogen-bond donors (Lipinski definition) is 1. The lowest BCUT2D eigenvalue weighted by molar-refractivity contribution is -0.287. The average Bonchev–Trinajstić information content (AvgIpc) is 2.85. The summed E-state index contributed by atoms with van der Waals surface area (Å²) in [5, 5.41) is 10.7. The van der Waals surface area contributed by atoms with E-state index in [0.29, 0.717) is 5.56 Å². The summed E-state index contributed by atoms with van der Waals surface area (Å²) in [5.41, 5.74) is -0.529. The molecule has 1 aromatic rings. The van der Waals surface area contributed by atoms with Gasteiger partial charge >= 0.3 is 12.4 Å². The first-order chi connectivity index (χ1) is 13.6.